The van der Waals surface area contributed by atoms with Crippen molar-refractivity contribution in [3.63, 3.8) is 0 Å². The molecular weight excluding hydrogens is 355 g/mol. The first-order chi connectivity index (χ1) is 12.9. The molecule has 2 fully saturated rings. The van der Waals surface area contributed by atoms with Crippen LogP contribution < -0.4 is 10.2 Å². The third-order valence-electron chi connectivity index (χ3n) is 5.61. The van der Waals surface area contributed by atoms with Crippen LogP contribution in [0.5, 0.6) is 0 Å². The van der Waals surface area contributed by atoms with Gasteiger partial charge in [0.2, 0.25) is 5.91 Å². The number of carbonyl (C=O) groups is 1. The Labute approximate surface area is 158 Å². The van der Waals surface area contributed by atoms with Gasteiger partial charge in [0.1, 0.15) is 0 Å². The van der Waals surface area contributed by atoms with Crippen LogP contribution in [0.15, 0.2) is 24.3 Å². The van der Waals surface area contributed by atoms with Gasteiger partial charge < -0.3 is 15.1 Å². The van der Waals surface area contributed by atoms with Gasteiger partial charge in [-0.25, -0.2) is 0 Å². The molecule has 1 aromatic rings. The van der Waals surface area contributed by atoms with Crippen molar-refractivity contribution in [2.24, 2.45) is 5.92 Å². The van der Waals surface area contributed by atoms with Crippen molar-refractivity contribution in [3.8, 4) is 0 Å². The van der Waals surface area contributed by atoms with E-state index in [9.17, 15) is 18.0 Å². The van der Waals surface area contributed by atoms with Crippen LogP contribution in [0.4, 0.5) is 18.9 Å². The first kappa shape index (κ1) is 20.0. The number of amides is 1. The van der Waals surface area contributed by atoms with Crippen molar-refractivity contribution < 1.29 is 18.0 Å². The fraction of sp³-hybridized carbons (Fsp3) is 0.650. The van der Waals surface area contributed by atoms with Gasteiger partial charge in [0.25, 0.3) is 0 Å². The lowest BCUT2D eigenvalue weighted by molar-refractivity contribution is -0.139. The topological polar surface area (TPSA) is 35.6 Å². The zero-order valence-corrected chi connectivity index (χ0v) is 15.8. The molecule has 2 saturated heterocycles. The van der Waals surface area contributed by atoms with E-state index in [-0.39, 0.29) is 17.9 Å². The summed E-state index contributed by atoms with van der Waals surface area (Å²) in [5, 5.41) is 3.28. The summed E-state index contributed by atoms with van der Waals surface area (Å²) in [6, 6.07) is 5.56. The van der Waals surface area contributed by atoms with E-state index in [1.165, 1.54) is 12.1 Å². The number of hydrogen-bond donors (Lipinski definition) is 1. The molecule has 0 aromatic heterocycles. The van der Waals surface area contributed by atoms with E-state index >= 15 is 0 Å². The van der Waals surface area contributed by atoms with E-state index in [4.69, 9.17) is 0 Å². The highest BCUT2D eigenvalue weighted by Crippen LogP contribution is 2.32. The molecule has 1 amide bonds. The Morgan fingerprint density at radius 3 is 2.63 bits per heavy atom. The van der Waals surface area contributed by atoms with E-state index in [0.29, 0.717) is 25.3 Å². The summed E-state index contributed by atoms with van der Waals surface area (Å²) in [6.07, 6.45) is -0.800. The van der Waals surface area contributed by atoms with Crippen LogP contribution in [-0.4, -0.2) is 49.6 Å². The van der Waals surface area contributed by atoms with Gasteiger partial charge in [-0.2, -0.15) is 13.2 Å². The first-order valence-corrected chi connectivity index (χ1v) is 9.83. The van der Waals surface area contributed by atoms with E-state index in [1.54, 1.807) is 6.07 Å². The minimum atomic E-state index is -4.34. The molecule has 2 aliphatic heterocycles. The van der Waals surface area contributed by atoms with Gasteiger partial charge in [0, 0.05) is 37.3 Å². The number of nitrogens with one attached hydrogen (secondary N) is 1. The molecule has 4 nitrogen and oxygen atoms in total. The van der Waals surface area contributed by atoms with Gasteiger partial charge in [-0.1, -0.05) is 19.4 Å². The zero-order chi connectivity index (χ0) is 19.4. The Bertz CT molecular complexity index is 644. The minimum Gasteiger partial charge on any atom is -0.368 e. The van der Waals surface area contributed by atoms with Crippen molar-refractivity contribution >= 4 is 11.6 Å². The Hall–Kier alpha value is -1.76. The predicted molar refractivity (Wildman–Crippen MR) is 99.7 cm³/mol. The van der Waals surface area contributed by atoms with Gasteiger partial charge in [-0.3, -0.25) is 4.79 Å². The smallest absolute Gasteiger partial charge is 0.368 e. The largest absolute Gasteiger partial charge is 0.416 e. The molecule has 2 aliphatic rings. The highest BCUT2D eigenvalue weighted by molar-refractivity contribution is 5.79. The van der Waals surface area contributed by atoms with Crippen molar-refractivity contribution in [2.45, 2.75) is 44.8 Å². The molecule has 7 heteroatoms. The number of rotatable bonds is 4. The second kappa shape index (κ2) is 8.50. The number of halogens is 3. The molecule has 0 radical (unpaired) electrons. The lowest BCUT2D eigenvalue weighted by atomic mass is 9.94. The second-order valence-electron chi connectivity index (χ2n) is 7.49. The number of alkyl halides is 3. The SMILES string of the molecule is CCCC1CN(c2cccc(C(F)(F)F)c2)CCN1C(=O)C1CCNCC1. The maximum absolute atomic E-state index is 13.0. The highest BCUT2D eigenvalue weighted by Gasteiger charge is 2.35. The van der Waals surface area contributed by atoms with Crippen LogP contribution in [0.1, 0.15) is 38.2 Å². The number of nitrogens with zero attached hydrogens (tertiary/aromatic N) is 2. The number of carbonyl (C=O) groups excluding carboxylic acids is 1. The number of piperidine rings is 1. The molecule has 3 rings (SSSR count). The predicted octanol–water partition coefficient (Wildman–Crippen LogP) is 3.52. The average Bonchev–Trinajstić information content (AvgIpc) is 2.68. The molecule has 150 valence electrons. The summed E-state index contributed by atoms with van der Waals surface area (Å²) in [7, 11) is 0. The number of benzene rings is 1. The lowest BCUT2D eigenvalue weighted by Crippen LogP contribution is -2.57. The fourth-order valence-corrected chi connectivity index (χ4v) is 4.14. The Kier molecular flexibility index (Phi) is 6.29. The van der Waals surface area contributed by atoms with Crippen LogP contribution in [0.3, 0.4) is 0 Å². The molecule has 2 heterocycles. The van der Waals surface area contributed by atoms with Gasteiger partial charge in [0.15, 0.2) is 0 Å². The standard InChI is InChI=1S/C20H28F3N3O/c1-2-4-18-14-25(17-6-3-5-16(13-17)20(21,22)23)11-12-26(18)19(27)15-7-9-24-10-8-15/h3,5-6,13,15,18,24H,2,4,7-12,14H2,1H3. The van der Waals surface area contributed by atoms with E-state index in [0.717, 1.165) is 44.8 Å². The van der Waals surface area contributed by atoms with Gasteiger partial charge in [-0.05, 0) is 50.6 Å². The summed E-state index contributed by atoms with van der Waals surface area (Å²) >= 11 is 0. The number of piperazine rings is 1. The zero-order valence-electron chi connectivity index (χ0n) is 15.8. The van der Waals surface area contributed by atoms with Crippen molar-refractivity contribution in [2.75, 3.05) is 37.6 Å². The summed E-state index contributed by atoms with van der Waals surface area (Å²) in [5.74, 6) is 0.296. The third kappa shape index (κ3) is 4.75. The molecule has 0 spiro atoms. The van der Waals surface area contributed by atoms with Gasteiger partial charge in [-0.15, -0.1) is 0 Å². The maximum Gasteiger partial charge on any atom is 0.416 e. The van der Waals surface area contributed by atoms with Gasteiger partial charge >= 0.3 is 6.18 Å². The van der Waals surface area contributed by atoms with E-state index in [2.05, 4.69) is 12.2 Å². The Balaban J connectivity index is 1.73. The fourth-order valence-electron chi connectivity index (χ4n) is 4.14. The molecule has 0 aliphatic carbocycles. The summed E-state index contributed by atoms with van der Waals surface area (Å²) in [5.41, 5.74) is -0.0415. The minimum absolute atomic E-state index is 0.0562. The van der Waals surface area contributed by atoms with Crippen LogP contribution in [0.25, 0.3) is 0 Å². The van der Waals surface area contributed by atoms with Crippen LogP contribution >= 0.6 is 0 Å². The molecule has 1 unspecified atom stereocenters. The molecule has 1 N–H and O–H groups in total. The highest BCUT2D eigenvalue weighted by atomic mass is 19.4. The second-order valence-corrected chi connectivity index (χ2v) is 7.49. The van der Waals surface area contributed by atoms with E-state index in [1.807, 2.05) is 9.80 Å². The normalized spacial score (nSPS) is 22.1. The molecular formula is C20H28F3N3O. The first-order valence-electron chi connectivity index (χ1n) is 9.83. The van der Waals surface area contributed by atoms with Crippen LogP contribution in [0.2, 0.25) is 0 Å². The monoisotopic (exact) mass is 383 g/mol. The summed E-state index contributed by atoms with van der Waals surface area (Å²) in [4.78, 5) is 17.0. The Morgan fingerprint density at radius 1 is 1.22 bits per heavy atom. The Morgan fingerprint density at radius 2 is 1.96 bits per heavy atom. The number of anilines is 1. The van der Waals surface area contributed by atoms with Crippen LogP contribution in [0, 0.1) is 5.92 Å². The molecule has 0 saturated carbocycles. The molecule has 27 heavy (non-hydrogen) atoms. The van der Waals surface area contributed by atoms with E-state index < -0.39 is 11.7 Å². The average molecular weight is 383 g/mol. The molecule has 1 atom stereocenters. The van der Waals surface area contributed by atoms with Gasteiger partial charge in [0.05, 0.1) is 5.56 Å². The summed E-state index contributed by atoms with van der Waals surface area (Å²) < 4.78 is 39.1. The van der Waals surface area contributed by atoms with Crippen molar-refractivity contribution in [3.05, 3.63) is 29.8 Å². The quantitative estimate of drug-likeness (QED) is 0.864. The molecule has 0 bridgehead atoms. The van der Waals surface area contributed by atoms with Crippen molar-refractivity contribution in [1.82, 2.24) is 10.2 Å². The lowest BCUT2D eigenvalue weighted by Gasteiger charge is -2.44. The third-order valence-corrected chi connectivity index (χ3v) is 5.61. The summed E-state index contributed by atoms with van der Waals surface area (Å²) in [6.45, 7) is 5.56. The number of hydrogen-bond acceptors (Lipinski definition) is 3. The maximum atomic E-state index is 13.0. The van der Waals surface area contributed by atoms with Crippen LogP contribution in [-0.2, 0) is 11.0 Å². The van der Waals surface area contributed by atoms with Crippen molar-refractivity contribution in [1.29, 1.82) is 0 Å². The molecule has 1 aromatic carbocycles.